The maximum absolute atomic E-state index is 12.5. The molecule has 0 aliphatic carbocycles. The molecule has 1 heterocycles. The number of aromatic nitrogens is 2. The first kappa shape index (κ1) is 11.7. The Kier molecular flexibility index (Phi) is 2.70. The zero-order valence-electron chi connectivity index (χ0n) is 8.70. The van der Waals surface area contributed by atoms with Crippen LogP contribution in [0, 0.1) is 0 Å². The van der Waals surface area contributed by atoms with Gasteiger partial charge in [-0.25, -0.2) is 4.98 Å². The highest BCUT2D eigenvalue weighted by atomic mass is 19.4. The molecule has 2 rings (SSSR count). The molecular formula is C10H10F3N3O. The molecule has 4 nitrogen and oxygen atoms in total. The molecule has 7 heteroatoms. The van der Waals surface area contributed by atoms with E-state index in [2.05, 4.69) is 4.98 Å². The van der Waals surface area contributed by atoms with Crippen LogP contribution in [0.4, 0.5) is 19.1 Å². The summed E-state index contributed by atoms with van der Waals surface area (Å²) >= 11 is 0. The maximum Gasteiger partial charge on any atom is 0.416 e. The molecule has 0 saturated carbocycles. The third-order valence-corrected chi connectivity index (χ3v) is 2.43. The lowest BCUT2D eigenvalue weighted by Crippen LogP contribution is -2.06. The Bertz CT molecular complexity index is 547. The summed E-state index contributed by atoms with van der Waals surface area (Å²) in [6.07, 6.45) is -4.40. The van der Waals surface area contributed by atoms with Gasteiger partial charge in [0.15, 0.2) is 0 Å². The van der Waals surface area contributed by atoms with Gasteiger partial charge in [-0.1, -0.05) is 0 Å². The Morgan fingerprint density at radius 2 is 2.06 bits per heavy atom. The van der Waals surface area contributed by atoms with Crippen LogP contribution in [-0.2, 0) is 12.7 Å². The van der Waals surface area contributed by atoms with Crippen molar-refractivity contribution >= 4 is 17.0 Å². The number of hydrogen-bond acceptors (Lipinski definition) is 3. The molecule has 92 valence electrons. The van der Waals surface area contributed by atoms with E-state index in [-0.39, 0.29) is 24.6 Å². The number of nitrogen functional groups attached to an aromatic ring is 1. The number of imidazole rings is 1. The van der Waals surface area contributed by atoms with Crippen LogP contribution in [0.15, 0.2) is 18.2 Å². The van der Waals surface area contributed by atoms with E-state index < -0.39 is 11.7 Å². The van der Waals surface area contributed by atoms with Crippen LogP contribution in [0.5, 0.6) is 0 Å². The number of benzene rings is 1. The van der Waals surface area contributed by atoms with E-state index in [9.17, 15) is 13.2 Å². The third-order valence-electron chi connectivity index (χ3n) is 2.43. The van der Waals surface area contributed by atoms with Gasteiger partial charge in [-0.2, -0.15) is 13.2 Å². The number of aliphatic hydroxyl groups is 1. The zero-order chi connectivity index (χ0) is 12.6. The highest BCUT2D eigenvalue weighted by molar-refractivity contribution is 5.79. The quantitative estimate of drug-likeness (QED) is 0.845. The molecule has 0 aliphatic heterocycles. The Morgan fingerprint density at radius 3 is 2.65 bits per heavy atom. The van der Waals surface area contributed by atoms with Crippen LogP contribution < -0.4 is 5.73 Å². The van der Waals surface area contributed by atoms with Crippen LogP contribution >= 0.6 is 0 Å². The lowest BCUT2D eigenvalue weighted by atomic mass is 10.2. The van der Waals surface area contributed by atoms with Crippen molar-refractivity contribution in [3.05, 3.63) is 23.8 Å². The monoisotopic (exact) mass is 245 g/mol. The van der Waals surface area contributed by atoms with E-state index in [1.807, 2.05) is 0 Å². The molecular weight excluding hydrogens is 235 g/mol. The van der Waals surface area contributed by atoms with Crippen molar-refractivity contribution < 1.29 is 18.3 Å². The van der Waals surface area contributed by atoms with Gasteiger partial charge in [-0.3, -0.25) is 0 Å². The second-order valence-corrected chi connectivity index (χ2v) is 3.55. The summed E-state index contributed by atoms with van der Waals surface area (Å²) in [5.74, 6) is 0.0911. The second kappa shape index (κ2) is 3.92. The fourth-order valence-electron chi connectivity index (χ4n) is 1.66. The van der Waals surface area contributed by atoms with Crippen molar-refractivity contribution in [3.63, 3.8) is 0 Å². The molecule has 0 spiro atoms. The molecule has 0 radical (unpaired) electrons. The number of aliphatic hydroxyl groups excluding tert-OH is 1. The molecule has 1 aromatic heterocycles. The van der Waals surface area contributed by atoms with Gasteiger partial charge >= 0.3 is 6.18 Å². The summed E-state index contributed by atoms with van der Waals surface area (Å²) in [6.45, 7) is 0.0460. The number of hydrogen-bond donors (Lipinski definition) is 2. The van der Waals surface area contributed by atoms with Crippen molar-refractivity contribution in [2.24, 2.45) is 0 Å². The minimum absolute atomic E-state index is 0.0911. The SMILES string of the molecule is Nc1nc2cc(C(F)(F)F)ccc2n1CCO. The minimum atomic E-state index is -4.40. The van der Waals surface area contributed by atoms with Gasteiger partial charge in [0.1, 0.15) is 0 Å². The second-order valence-electron chi connectivity index (χ2n) is 3.55. The van der Waals surface area contributed by atoms with Gasteiger partial charge in [0.05, 0.1) is 23.2 Å². The van der Waals surface area contributed by atoms with Crippen molar-refractivity contribution in [2.45, 2.75) is 12.7 Å². The maximum atomic E-state index is 12.5. The molecule has 0 unspecified atom stereocenters. The minimum Gasteiger partial charge on any atom is -0.395 e. The van der Waals surface area contributed by atoms with E-state index in [0.717, 1.165) is 12.1 Å². The molecule has 0 bridgehead atoms. The number of fused-ring (bicyclic) bond motifs is 1. The Balaban J connectivity index is 2.58. The number of rotatable bonds is 2. The lowest BCUT2D eigenvalue weighted by Gasteiger charge is -2.06. The number of halogens is 3. The van der Waals surface area contributed by atoms with Crippen molar-refractivity contribution in [3.8, 4) is 0 Å². The molecule has 0 atom stereocenters. The van der Waals surface area contributed by atoms with Gasteiger partial charge in [0.2, 0.25) is 5.95 Å². The van der Waals surface area contributed by atoms with Gasteiger partial charge in [0, 0.05) is 6.54 Å². The van der Waals surface area contributed by atoms with E-state index in [0.29, 0.717) is 5.52 Å². The largest absolute Gasteiger partial charge is 0.416 e. The molecule has 3 N–H and O–H groups in total. The Morgan fingerprint density at radius 1 is 1.35 bits per heavy atom. The summed E-state index contributed by atoms with van der Waals surface area (Å²) in [5, 5.41) is 8.82. The van der Waals surface area contributed by atoms with Crippen LogP contribution in [-0.4, -0.2) is 21.3 Å². The lowest BCUT2D eigenvalue weighted by molar-refractivity contribution is -0.137. The van der Waals surface area contributed by atoms with Crippen LogP contribution in [0.2, 0.25) is 0 Å². The van der Waals surface area contributed by atoms with Gasteiger partial charge in [-0.15, -0.1) is 0 Å². The highest BCUT2D eigenvalue weighted by Crippen LogP contribution is 2.31. The van der Waals surface area contributed by atoms with Crippen LogP contribution in [0.1, 0.15) is 5.56 Å². The third kappa shape index (κ3) is 2.05. The van der Waals surface area contributed by atoms with Crippen molar-refractivity contribution in [1.29, 1.82) is 0 Å². The average molecular weight is 245 g/mol. The van der Waals surface area contributed by atoms with E-state index in [1.165, 1.54) is 10.6 Å². The normalized spacial score (nSPS) is 12.2. The molecule has 2 aromatic rings. The summed E-state index contributed by atoms with van der Waals surface area (Å²) in [6, 6.07) is 3.22. The van der Waals surface area contributed by atoms with E-state index in [4.69, 9.17) is 10.8 Å². The van der Waals surface area contributed by atoms with Gasteiger partial charge < -0.3 is 15.4 Å². The van der Waals surface area contributed by atoms with Crippen molar-refractivity contribution in [1.82, 2.24) is 9.55 Å². The number of anilines is 1. The van der Waals surface area contributed by atoms with E-state index in [1.54, 1.807) is 0 Å². The van der Waals surface area contributed by atoms with Crippen molar-refractivity contribution in [2.75, 3.05) is 12.3 Å². The predicted octanol–water partition coefficient (Wildman–Crippen LogP) is 1.63. The van der Waals surface area contributed by atoms with Gasteiger partial charge in [0.25, 0.3) is 0 Å². The Labute approximate surface area is 94.5 Å². The fourth-order valence-corrected chi connectivity index (χ4v) is 1.66. The Hall–Kier alpha value is -1.76. The number of alkyl halides is 3. The standard InChI is InChI=1S/C10H10F3N3O/c11-10(12,13)6-1-2-8-7(5-6)15-9(14)16(8)3-4-17/h1-2,5,17H,3-4H2,(H2,14,15). The smallest absolute Gasteiger partial charge is 0.395 e. The molecule has 0 fully saturated rings. The fraction of sp³-hybridized carbons (Fsp3) is 0.300. The van der Waals surface area contributed by atoms with Crippen LogP contribution in [0.25, 0.3) is 11.0 Å². The molecule has 0 amide bonds. The zero-order valence-corrected chi connectivity index (χ0v) is 8.70. The summed E-state index contributed by atoms with van der Waals surface area (Å²) in [7, 11) is 0. The first-order chi connectivity index (χ1) is 7.93. The summed E-state index contributed by atoms with van der Waals surface area (Å²) in [4.78, 5) is 3.84. The van der Waals surface area contributed by atoms with Crippen LogP contribution in [0.3, 0.4) is 0 Å². The first-order valence-corrected chi connectivity index (χ1v) is 4.87. The summed E-state index contributed by atoms with van der Waals surface area (Å²) < 4.78 is 38.9. The molecule has 17 heavy (non-hydrogen) atoms. The molecule has 0 aliphatic rings. The van der Waals surface area contributed by atoms with Gasteiger partial charge in [-0.05, 0) is 18.2 Å². The number of nitrogens with zero attached hydrogens (tertiary/aromatic N) is 2. The predicted molar refractivity (Wildman–Crippen MR) is 56.2 cm³/mol. The van der Waals surface area contributed by atoms with E-state index >= 15 is 0 Å². The molecule has 0 saturated heterocycles. The highest BCUT2D eigenvalue weighted by Gasteiger charge is 2.31. The first-order valence-electron chi connectivity index (χ1n) is 4.87. The molecule has 1 aromatic carbocycles. The topological polar surface area (TPSA) is 64.1 Å². The number of nitrogens with two attached hydrogens (primary N) is 1. The average Bonchev–Trinajstić information content (AvgIpc) is 2.54. The summed E-state index contributed by atoms with van der Waals surface area (Å²) in [5.41, 5.74) is 5.44.